The van der Waals surface area contributed by atoms with E-state index in [1.807, 2.05) is 0 Å². The van der Waals surface area contributed by atoms with Gasteiger partial charge in [-0.1, -0.05) is 6.42 Å². The van der Waals surface area contributed by atoms with E-state index in [1.54, 1.807) is 0 Å². The summed E-state index contributed by atoms with van der Waals surface area (Å²) in [7, 11) is 0. The summed E-state index contributed by atoms with van der Waals surface area (Å²) in [5, 5.41) is 25.6. The van der Waals surface area contributed by atoms with Crippen molar-refractivity contribution in [3.05, 3.63) is 0 Å². The van der Waals surface area contributed by atoms with Crippen molar-refractivity contribution in [2.75, 3.05) is 12.3 Å². The first kappa shape index (κ1) is 26.1. The van der Waals surface area contributed by atoms with Crippen molar-refractivity contribution in [2.24, 2.45) is 11.5 Å². The number of carboxylic acids is 1. The number of carbonyl (C=O) groups excluding carboxylic acids is 3. The van der Waals surface area contributed by atoms with E-state index >= 15 is 0 Å². The molecule has 0 rings (SSSR count). The maximum atomic E-state index is 12.4. The molecule has 0 bridgehead atoms. The predicted molar refractivity (Wildman–Crippen MR) is 106 cm³/mol. The number of aliphatic hydroxyl groups excluding tert-OH is 1. The minimum atomic E-state index is -1.33. The van der Waals surface area contributed by atoms with Crippen molar-refractivity contribution < 1.29 is 29.4 Å². The Hall–Kier alpha value is -1.89. The Morgan fingerprint density at radius 1 is 1.00 bits per heavy atom. The summed E-state index contributed by atoms with van der Waals surface area (Å²) in [5.41, 5.74) is 11.1. The standard InChI is InChI=1S/C16H31N5O6S/c1-8(13(23)20-11(7-28)16(26)27)19-15(25)12(9(2)22)21-14(24)10(18)5-3-4-6-17/h8-12,22,28H,3-7,17-18H2,1-2H3,(H,19,25)(H,20,23)(H,21,24)(H,26,27). The second-order valence-corrected chi connectivity index (χ2v) is 6.80. The molecule has 0 spiro atoms. The van der Waals surface area contributed by atoms with Crippen LogP contribution in [0.15, 0.2) is 0 Å². The molecule has 5 unspecified atom stereocenters. The molecule has 0 aliphatic rings. The Kier molecular flexibility index (Phi) is 12.4. The summed E-state index contributed by atoms with van der Waals surface area (Å²) >= 11 is 3.83. The number of thiol groups is 1. The summed E-state index contributed by atoms with van der Waals surface area (Å²) in [6, 6.07) is -4.52. The Balaban J connectivity index is 4.82. The van der Waals surface area contributed by atoms with Crippen molar-refractivity contribution in [1.82, 2.24) is 16.0 Å². The highest BCUT2D eigenvalue weighted by Crippen LogP contribution is 2.01. The molecule has 5 atom stereocenters. The third-order valence-corrected chi connectivity index (χ3v) is 4.28. The van der Waals surface area contributed by atoms with Gasteiger partial charge in [0.1, 0.15) is 18.1 Å². The van der Waals surface area contributed by atoms with Crippen LogP contribution in [0.25, 0.3) is 0 Å². The van der Waals surface area contributed by atoms with Gasteiger partial charge in [-0.2, -0.15) is 12.6 Å². The quantitative estimate of drug-likeness (QED) is 0.116. The van der Waals surface area contributed by atoms with E-state index in [9.17, 15) is 24.3 Å². The Morgan fingerprint density at radius 2 is 1.61 bits per heavy atom. The fraction of sp³-hybridized carbons (Fsp3) is 0.750. The van der Waals surface area contributed by atoms with Gasteiger partial charge >= 0.3 is 5.97 Å². The summed E-state index contributed by atoms with van der Waals surface area (Å²) in [6.07, 6.45) is 0.469. The molecule has 11 nitrogen and oxygen atoms in total. The van der Waals surface area contributed by atoms with Crippen LogP contribution in [0.5, 0.6) is 0 Å². The van der Waals surface area contributed by atoms with Crippen LogP contribution in [0.1, 0.15) is 33.1 Å². The van der Waals surface area contributed by atoms with Crippen LogP contribution in [0, 0.1) is 0 Å². The van der Waals surface area contributed by atoms with Crippen molar-refractivity contribution in [3.8, 4) is 0 Å². The molecule has 0 aromatic rings. The molecule has 0 fully saturated rings. The average Bonchev–Trinajstić information content (AvgIpc) is 2.62. The number of rotatable bonds is 13. The van der Waals surface area contributed by atoms with Crippen LogP contribution in [0.2, 0.25) is 0 Å². The van der Waals surface area contributed by atoms with E-state index in [1.165, 1.54) is 13.8 Å². The van der Waals surface area contributed by atoms with Crippen LogP contribution in [-0.2, 0) is 19.2 Å². The highest BCUT2D eigenvalue weighted by Gasteiger charge is 2.30. The number of carboxylic acid groups (broad SMARTS) is 1. The fourth-order valence-corrected chi connectivity index (χ4v) is 2.40. The summed E-state index contributed by atoms with van der Waals surface area (Å²) < 4.78 is 0. The molecule has 0 aliphatic heterocycles. The van der Waals surface area contributed by atoms with Crippen molar-refractivity contribution in [1.29, 1.82) is 0 Å². The number of aliphatic carboxylic acids is 1. The third kappa shape index (κ3) is 9.35. The molecule has 0 aromatic carbocycles. The summed E-state index contributed by atoms with van der Waals surface area (Å²) in [6.45, 7) is 3.11. The first-order valence-electron chi connectivity index (χ1n) is 8.93. The second kappa shape index (κ2) is 13.3. The van der Waals surface area contributed by atoms with Gasteiger partial charge in [0.15, 0.2) is 0 Å². The topological polar surface area (TPSA) is 197 Å². The summed E-state index contributed by atoms with van der Waals surface area (Å²) in [4.78, 5) is 47.4. The predicted octanol–water partition coefficient (Wildman–Crippen LogP) is -2.69. The molecule has 12 heteroatoms. The van der Waals surface area contributed by atoms with Gasteiger partial charge in [0.2, 0.25) is 17.7 Å². The normalized spacial score (nSPS) is 16.2. The minimum Gasteiger partial charge on any atom is -0.480 e. The smallest absolute Gasteiger partial charge is 0.327 e. The third-order valence-electron chi connectivity index (χ3n) is 3.92. The zero-order chi connectivity index (χ0) is 21.9. The van der Waals surface area contributed by atoms with Crippen molar-refractivity contribution >= 4 is 36.3 Å². The van der Waals surface area contributed by atoms with Gasteiger partial charge in [0.25, 0.3) is 0 Å². The van der Waals surface area contributed by atoms with Crippen LogP contribution in [0.4, 0.5) is 0 Å². The lowest BCUT2D eigenvalue weighted by atomic mass is 10.1. The van der Waals surface area contributed by atoms with Crippen LogP contribution in [0.3, 0.4) is 0 Å². The van der Waals surface area contributed by atoms with E-state index in [0.29, 0.717) is 25.8 Å². The number of nitrogens with two attached hydrogens (primary N) is 2. The molecule has 0 saturated carbocycles. The molecule has 3 amide bonds. The maximum Gasteiger partial charge on any atom is 0.327 e. The van der Waals surface area contributed by atoms with E-state index in [2.05, 4.69) is 28.6 Å². The van der Waals surface area contributed by atoms with E-state index in [4.69, 9.17) is 16.6 Å². The number of nitrogens with one attached hydrogen (secondary N) is 3. The number of carbonyl (C=O) groups is 4. The first-order chi connectivity index (χ1) is 13.0. The number of hydrogen-bond donors (Lipinski definition) is 8. The molecule has 0 aliphatic carbocycles. The van der Waals surface area contributed by atoms with Crippen LogP contribution >= 0.6 is 12.6 Å². The van der Waals surface area contributed by atoms with E-state index in [0.717, 1.165) is 0 Å². The monoisotopic (exact) mass is 421 g/mol. The van der Waals surface area contributed by atoms with E-state index in [-0.39, 0.29) is 5.75 Å². The number of amides is 3. The molecule has 0 saturated heterocycles. The summed E-state index contributed by atoms with van der Waals surface area (Å²) in [5.74, 6) is -3.56. The lowest BCUT2D eigenvalue weighted by Gasteiger charge is -2.25. The molecule has 162 valence electrons. The lowest BCUT2D eigenvalue weighted by Crippen LogP contribution is -2.59. The van der Waals surface area contributed by atoms with Crippen molar-refractivity contribution in [3.63, 3.8) is 0 Å². The zero-order valence-electron chi connectivity index (χ0n) is 16.1. The SMILES string of the molecule is CC(NC(=O)C(NC(=O)C(N)CCCCN)C(C)O)C(=O)NC(CS)C(=O)O. The van der Waals surface area contributed by atoms with Gasteiger partial charge in [-0.3, -0.25) is 14.4 Å². The molecule has 0 radical (unpaired) electrons. The van der Waals surface area contributed by atoms with Gasteiger partial charge in [0.05, 0.1) is 12.1 Å². The minimum absolute atomic E-state index is 0.129. The Labute approximate surface area is 169 Å². The average molecular weight is 422 g/mol. The highest BCUT2D eigenvalue weighted by molar-refractivity contribution is 7.80. The Bertz CT molecular complexity index is 548. The molecule has 0 heterocycles. The van der Waals surface area contributed by atoms with Crippen LogP contribution in [-0.4, -0.2) is 76.5 Å². The molecular weight excluding hydrogens is 390 g/mol. The lowest BCUT2D eigenvalue weighted by molar-refractivity contribution is -0.141. The molecule has 0 aromatic heterocycles. The molecule has 28 heavy (non-hydrogen) atoms. The van der Waals surface area contributed by atoms with Gasteiger partial charge in [-0.15, -0.1) is 0 Å². The van der Waals surface area contributed by atoms with Gasteiger partial charge in [-0.05, 0) is 33.2 Å². The number of aliphatic hydroxyl groups is 1. The fourth-order valence-electron chi connectivity index (χ4n) is 2.16. The number of unbranched alkanes of at least 4 members (excludes halogenated alkanes) is 1. The molecule has 9 N–H and O–H groups in total. The van der Waals surface area contributed by atoms with Gasteiger partial charge in [0, 0.05) is 5.75 Å². The zero-order valence-corrected chi connectivity index (χ0v) is 16.9. The van der Waals surface area contributed by atoms with Gasteiger partial charge in [-0.25, -0.2) is 4.79 Å². The maximum absolute atomic E-state index is 12.4. The largest absolute Gasteiger partial charge is 0.480 e. The van der Waals surface area contributed by atoms with Crippen LogP contribution < -0.4 is 27.4 Å². The Morgan fingerprint density at radius 3 is 2.07 bits per heavy atom. The van der Waals surface area contributed by atoms with Gasteiger partial charge < -0.3 is 37.6 Å². The second-order valence-electron chi connectivity index (χ2n) is 6.43. The first-order valence-corrected chi connectivity index (χ1v) is 9.56. The number of hydrogen-bond acceptors (Lipinski definition) is 8. The molecular formula is C16H31N5O6S. The van der Waals surface area contributed by atoms with E-state index < -0.39 is 54.0 Å². The highest BCUT2D eigenvalue weighted by atomic mass is 32.1. The van der Waals surface area contributed by atoms with Crippen molar-refractivity contribution in [2.45, 2.75) is 63.4 Å².